The molecule has 1 aromatic carbocycles. The van der Waals surface area contributed by atoms with Gasteiger partial charge in [0.05, 0.1) is 23.1 Å². The lowest BCUT2D eigenvalue weighted by molar-refractivity contribution is -0.136. The van der Waals surface area contributed by atoms with Crippen LogP contribution >= 0.6 is 0 Å². The van der Waals surface area contributed by atoms with Gasteiger partial charge in [-0.1, -0.05) is 0 Å². The van der Waals surface area contributed by atoms with Crippen molar-refractivity contribution in [1.29, 1.82) is 5.26 Å². The van der Waals surface area contributed by atoms with E-state index in [9.17, 15) is 13.2 Å². The quantitative estimate of drug-likeness (QED) is 0.767. The van der Waals surface area contributed by atoms with E-state index in [1.807, 2.05) is 25.1 Å². The van der Waals surface area contributed by atoms with E-state index in [1.165, 1.54) is 28.6 Å². The molecule has 1 aliphatic heterocycles. The average Bonchev–Trinajstić information content (AvgIpc) is 3.12. The lowest BCUT2D eigenvalue weighted by Gasteiger charge is -2.32. The molecule has 0 unspecified atom stereocenters. The zero-order valence-corrected chi connectivity index (χ0v) is 16.8. The van der Waals surface area contributed by atoms with E-state index in [0.29, 0.717) is 38.0 Å². The number of nitrogens with zero attached hydrogens (tertiary/aromatic N) is 3. The second-order valence-electron chi connectivity index (χ2n) is 7.02. The summed E-state index contributed by atoms with van der Waals surface area (Å²) in [6.45, 7) is 2.85. The average molecular weight is 401 g/mol. The standard InChI is InChI=1S/C20H23N3O4S/c1-15-3-6-18(27-15)14-22(2)20(24)17-9-11-23(12-10-17)28(25,26)19-7-4-16(13-21)5-8-19/h3-8,17H,9-12,14H2,1-2H3. The summed E-state index contributed by atoms with van der Waals surface area (Å²) in [5.74, 6) is 1.34. The largest absolute Gasteiger partial charge is 0.464 e. The third kappa shape index (κ3) is 4.26. The first-order valence-electron chi connectivity index (χ1n) is 9.12. The number of carbonyl (C=O) groups is 1. The molecule has 0 atom stereocenters. The minimum absolute atomic E-state index is 0.00414. The number of aryl methyl sites for hydroxylation is 1. The van der Waals surface area contributed by atoms with E-state index in [4.69, 9.17) is 9.68 Å². The van der Waals surface area contributed by atoms with Crippen LogP contribution in [0.15, 0.2) is 45.7 Å². The second kappa shape index (κ2) is 8.17. The van der Waals surface area contributed by atoms with Crippen LogP contribution in [0, 0.1) is 24.2 Å². The fourth-order valence-corrected chi connectivity index (χ4v) is 4.86. The Morgan fingerprint density at radius 2 is 1.86 bits per heavy atom. The minimum atomic E-state index is -3.62. The Labute approximate surface area is 165 Å². The first-order chi connectivity index (χ1) is 13.3. The van der Waals surface area contributed by atoms with Crippen molar-refractivity contribution in [3.63, 3.8) is 0 Å². The molecule has 1 aromatic heterocycles. The molecule has 0 spiro atoms. The van der Waals surface area contributed by atoms with Crippen LogP contribution in [-0.4, -0.2) is 43.7 Å². The maximum atomic E-state index is 12.8. The summed E-state index contributed by atoms with van der Waals surface area (Å²) >= 11 is 0. The van der Waals surface area contributed by atoms with E-state index >= 15 is 0 Å². The van der Waals surface area contributed by atoms with Crippen molar-refractivity contribution in [2.24, 2.45) is 5.92 Å². The zero-order valence-electron chi connectivity index (χ0n) is 16.0. The van der Waals surface area contributed by atoms with Crippen LogP contribution in [0.3, 0.4) is 0 Å². The third-order valence-corrected chi connectivity index (χ3v) is 6.90. The van der Waals surface area contributed by atoms with Crippen molar-refractivity contribution in [1.82, 2.24) is 9.21 Å². The highest BCUT2D eigenvalue weighted by atomic mass is 32.2. The van der Waals surface area contributed by atoms with Crippen molar-refractivity contribution in [3.05, 3.63) is 53.5 Å². The predicted molar refractivity (Wildman–Crippen MR) is 103 cm³/mol. The first kappa shape index (κ1) is 20.1. The first-order valence-corrected chi connectivity index (χ1v) is 10.6. The molecule has 1 fully saturated rings. The third-order valence-electron chi connectivity index (χ3n) is 4.99. The van der Waals surface area contributed by atoms with Gasteiger partial charge in [-0.25, -0.2) is 8.42 Å². The van der Waals surface area contributed by atoms with Gasteiger partial charge in [-0.05, 0) is 56.2 Å². The van der Waals surface area contributed by atoms with Crippen molar-refractivity contribution in [2.75, 3.05) is 20.1 Å². The van der Waals surface area contributed by atoms with E-state index in [0.717, 1.165) is 11.5 Å². The summed E-state index contributed by atoms with van der Waals surface area (Å²) in [4.78, 5) is 14.5. The summed E-state index contributed by atoms with van der Waals surface area (Å²) in [5, 5.41) is 8.85. The van der Waals surface area contributed by atoms with Crippen LogP contribution in [0.5, 0.6) is 0 Å². The van der Waals surface area contributed by atoms with Crippen molar-refractivity contribution >= 4 is 15.9 Å². The molecule has 8 heteroatoms. The lowest BCUT2D eigenvalue weighted by Crippen LogP contribution is -2.43. The van der Waals surface area contributed by atoms with Crippen molar-refractivity contribution < 1.29 is 17.6 Å². The molecular weight excluding hydrogens is 378 g/mol. The van der Waals surface area contributed by atoms with Gasteiger partial charge >= 0.3 is 0 Å². The number of nitriles is 1. The van der Waals surface area contributed by atoms with E-state index in [-0.39, 0.29) is 16.7 Å². The molecule has 2 heterocycles. The molecule has 2 aromatic rings. The molecule has 28 heavy (non-hydrogen) atoms. The fourth-order valence-electron chi connectivity index (χ4n) is 3.39. The lowest BCUT2D eigenvalue weighted by atomic mass is 9.96. The maximum absolute atomic E-state index is 12.8. The van der Waals surface area contributed by atoms with Gasteiger partial charge in [0, 0.05) is 26.1 Å². The summed E-state index contributed by atoms with van der Waals surface area (Å²) in [6.07, 6.45) is 0.964. The molecule has 3 rings (SSSR count). The van der Waals surface area contributed by atoms with Gasteiger partial charge in [0.2, 0.25) is 15.9 Å². The van der Waals surface area contributed by atoms with Crippen molar-refractivity contribution in [2.45, 2.75) is 31.2 Å². The SMILES string of the molecule is Cc1ccc(CN(C)C(=O)C2CCN(S(=O)(=O)c3ccc(C#N)cc3)CC2)o1. The molecule has 7 nitrogen and oxygen atoms in total. The molecule has 148 valence electrons. The minimum Gasteiger partial charge on any atom is -0.464 e. The fraction of sp³-hybridized carbons (Fsp3) is 0.400. The summed E-state index contributed by atoms with van der Waals surface area (Å²) in [5.41, 5.74) is 0.415. The highest BCUT2D eigenvalue weighted by Crippen LogP contribution is 2.25. The summed E-state index contributed by atoms with van der Waals surface area (Å²) in [7, 11) is -1.88. The summed E-state index contributed by atoms with van der Waals surface area (Å²) in [6, 6.07) is 11.6. The van der Waals surface area contributed by atoms with Gasteiger partial charge in [-0.15, -0.1) is 0 Å². The Balaban J connectivity index is 1.60. The Kier molecular flexibility index (Phi) is 5.87. The van der Waals surface area contributed by atoms with Crippen LogP contribution in [0.25, 0.3) is 0 Å². The van der Waals surface area contributed by atoms with Gasteiger partial charge in [0.1, 0.15) is 11.5 Å². The molecule has 0 aliphatic carbocycles. The van der Waals surface area contributed by atoms with E-state index in [1.54, 1.807) is 11.9 Å². The number of benzene rings is 1. The number of hydrogen-bond donors (Lipinski definition) is 0. The van der Waals surface area contributed by atoms with Crippen molar-refractivity contribution in [3.8, 4) is 6.07 Å². The summed E-state index contributed by atoms with van der Waals surface area (Å²) < 4.78 is 32.5. The number of piperidine rings is 1. The molecule has 0 saturated carbocycles. The number of furan rings is 1. The number of amides is 1. The maximum Gasteiger partial charge on any atom is 0.243 e. The van der Waals surface area contributed by atoms with Gasteiger partial charge in [-0.3, -0.25) is 4.79 Å². The Morgan fingerprint density at radius 3 is 2.39 bits per heavy atom. The normalized spacial score (nSPS) is 15.9. The Morgan fingerprint density at radius 1 is 1.21 bits per heavy atom. The second-order valence-corrected chi connectivity index (χ2v) is 8.96. The van der Waals surface area contributed by atoms with Crippen LogP contribution in [0.2, 0.25) is 0 Å². The molecule has 0 radical (unpaired) electrons. The number of rotatable bonds is 5. The predicted octanol–water partition coefficient (Wildman–Crippen LogP) is 2.52. The Hall–Kier alpha value is -2.63. The van der Waals surface area contributed by atoms with E-state index in [2.05, 4.69) is 0 Å². The number of hydrogen-bond acceptors (Lipinski definition) is 5. The highest BCUT2D eigenvalue weighted by Gasteiger charge is 2.33. The van der Waals surface area contributed by atoms with Gasteiger partial charge in [0.15, 0.2) is 0 Å². The monoisotopic (exact) mass is 401 g/mol. The number of carbonyl (C=O) groups excluding carboxylic acids is 1. The number of sulfonamides is 1. The topological polar surface area (TPSA) is 94.6 Å². The van der Waals surface area contributed by atoms with Crippen LogP contribution in [0.4, 0.5) is 0 Å². The molecule has 0 bridgehead atoms. The van der Waals surface area contributed by atoms with Gasteiger partial charge in [0.25, 0.3) is 0 Å². The van der Waals surface area contributed by atoms with Gasteiger partial charge < -0.3 is 9.32 Å². The molecular formula is C20H23N3O4S. The zero-order chi connectivity index (χ0) is 20.3. The molecule has 1 aliphatic rings. The molecule has 0 N–H and O–H groups in total. The molecule has 1 saturated heterocycles. The Bertz CT molecular complexity index is 981. The van der Waals surface area contributed by atoms with Gasteiger partial charge in [-0.2, -0.15) is 9.57 Å². The smallest absolute Gasteiger partial charge is 0.243 e. The molecule has 1 amide bonds. The van der Waals surface area contributed by atoms with Crippen LogP contribution in [0.1, 0.15) is 29.9 Å². The van der Waals surface area contributed by atoms with Crippen LogP contribution < -0.4 is 0 Å². The van der Waals surface area contributed by atoms with E-state index < -0.39 is 10.0 Å². The highest BCUT2D eigenvalue weighted by molar-refractivity contribution is 7.89. The van der Waals surface area contributed by atoms with Crippen LogP contribution in [-0.2, 0) is 21.4 Å².